The number of nitrogens with zero attached hydrogens (tertiary/aromatic N) is 2. The van der Waals surface area contributed by atoms with Crippen LogP contribution < -0.4 is 5.32 Å². The first-order valence-electron chi connectivity index (χ1n) is 3.78. The van der Waals surface area contributed by atoms with Gasteiger partial charge in [-0.15, -0.1) is 11.3 Å². The van der Waals surface area contributed by atoms with Gasteiger partial charge in [-0.2, -0.15) is 5.26 Å². The van der Waals surface area contributed by atoms with Crippen LogP contribution in [0, 0.1) is 11.3 Å². The van der Waals surface area contributed by atoms with Gasteiger partial charge >= 0.3 is 0 Å². The molecule has 1 heterocycles. The number of nitrogens with one attached hydrogen (secondary N) is 1. The number of hydrogen-bond acceptors (Lipinski definition) is 4. The Morgan fingerprint density at radius 3 is 3.23 bits per heavy atom. The van der Waals surface area contributed by atoms with Crippen LogP contribution in [0.1, 0.15) is 11.8 Å². The Balaban J connectivity index is 2.39. The van der Waals surface area contributed by atoms with Crippen LogP contribution in [0.25, 0.3) is 0 Å². The summed E-state index contributed by atoms with van der Waals surface area (Å²) in [4.78, 5) is 15.9. The third-order valence-corrected chi connectivity index (χ3v) is 2.17. The number of hydrogen-bond donors (Lipinski definition) is 1. The van der Waals surface area contributed by atoms with Gasteiger partial charge in [0, 0.05) is 11.1 Å². The molecule has 1 rings (SSSR count). The summed E-state index contributed by atoms with van der Waals surface area (Å²) in [5, 5.41) is 11.0. The van der Waals surface area contributed by atoms with Crippen molar-refractivity contribution < 1.29 is 4.79 Å². The van der Waals surface area contributed by atoms with Gasteiger partial charge in [-0.1, -0.05) is 0 Å². The maximum atomic E-state index is 11.2. The van der Waals surface area contributed by atoms with Gasteiger partial charge in [0.25, 0.3) is 0 Å². The average Bonchev–Trinajstić information content (AvgIpc) is 2.56. The van der Waals surface area contributed by atoms with Gasteiger partial charge in [-0.25, -0.2) is 0 Å². The molecule has 1 N–H and O–H groups in total. The van der Waals surface area contributed by atoms with Crippen molar-refractivity contribution in [3.63, 3.8) is 0 Å². The van der Waals surface area contributed by atoms with Crippen LogP contribution in [0.15, 0.2) is 11.7 Å². The molecule has 0 aromatic carbocycles. The Morgan fingerprint density at radius 2 is 2.69 bits per heavy atom. The van der Waals surface area contributed by atoms with Gasteiger partial charge in [0.1, 0.15) is 6.04 Å². The molecular formula is C8H9N3OS. The highest BCUT2D eigenvalue weighted by atomic mass is 32.1. The smallest absolute Gasteiger partial charge is 0.226 e. The highest BCUT2D eigenvalue weighted by Gasteiger charge is 2.07. The number of aromatic nitrogens is 1. The van der Waals surface area contributed by atoms with Crippen LogP contribution in [0.4, 0.5) is 0 Å². The fourth-order valence-corrected chi connectivity index (χ4v) is 1.41. The van der Waals surface area contributed by atoms with E-state index in [1.54, 1.807) is 18.6 Å². The highest BCUT2D eigenvalue weighted by molar-refractivity contribution is 7.09. The molecule has 0 bridgehead atoms. The minimum Gasteiger partial charge on any atom is -0.340 e. The summed E-state index contributed by atoms with van der Waals surface area (Å²) in [6, 6.07) is 1.50. The summed E-state index contributed by atoms with van der Waals surface area (Å²) >= 11 is 1.43. The second-order valence-corrected chi connectivity index (χ2v) is 3.53. The molecule has 4 nitrogen and oxygen atoms in total. The van der Waals surface area contributed by atoms with Crippen LogP contribution in [0.2, 0.25) is 0 Å². The molecule has 0 saturated carbocycles. The molecule has 0 aliphatic rings. The standard InChI is InChI=1S/C8H9N3OS/c1-6(3-9)11-8(12)2-7-4-10-5-13-7/h4-6H,2H2,1H3,(H,11,12). The monoisotopic (exact) mass is 195 g/mol. The lowest BCUT2D eigenvalue weighted by Crippen LogP contribution is -2.32. The van der Waals surface area contributed by atoms with Gasteiger partial charge in [0.15, 0.2) is 0 Å². The largest absolute Gasteiger partial charge is 0.340 e. The molecule has 0 radical (unpaired) electrons. The van der Waals surface area contributed by atoms with Crippen molar-refractivity contribution >= 4 is 17.2 Å². The fraction of sp³-hybridized carbons (Fsp3) is 0.375. The summed E-state index contributed by atoms with van der Waals surface area (Å²) in [5.74, 6) is -0.140. The Bertz CT molecular complexity index is 315. The molecule has 13 heavy (non-hydrogen) atoms. The SMILES string of the molecule is CC(C#N)NC(=O)Cc1cncs1. The van der Waals surface area contributed by atoms with E-state index in [0.717, 1.165) is 4.88 Å². The molecule has 1 unspecified atom stereocenters. The van der Waals surface area contributed by atoms with E-state index in [0.29, 0.717) is 6.42 Å². The third-order valence-electron chi connectivity index (χ3n) is 1.39. The Hall–Kier alpha value is -1.41. The summed E-state index contributed by atoms with van der Waals surface area (Å²) in [6.45, 7) is 1.64. The molecule has 1 aromatic rings. The Morgan fingerprint density at radius 1 is 1.92 bits per heavy atom. The summed E-state index contributed by atoms with van der Waals surface area (Å²) in [6.07, 6.45) is 1.96. The van der Waals surface area contributed by atoms with Gasteiger partial charge in [0.2, 0.25) is 5.91 Å². The van der Waals surface area contributed by atoms with E-state index in [1.807, 2.05) is 6.07 Å². The van der Waals surface area contributed by atoms with Crippen LogP contribution >= 0.6 is 11.3 Å². The first-order valence-corrected chi connectivity index (χ1v) is 4.66. The van der Waals surface area contributed by atoms with Gasteiger partial charge < -0.3 is 5.32 Å². The molecule has 68 valence electrons. The van der Waals surface area contributed by atoms with Crippen LogP contribution in [-0.4, -0.2) is 16.9 Å². The average molecular weight is 195 g/mol. The first-order chi connectivity index (χ1) is 6.22. The van der Waals surface area contributed by atoms with Crippen LogP contribution in [0.3, 0.4) is 0 Å². The Labute approximate surface area is 80.2 Å². The number of thiazole rings is 1. The van der Waals surface area contributed by atoms with E-state index in [-0.39, 0.29) is 5.91 Å². The molecule has 0 aliphatic carbocycles. The molecule has 1 atom stereocenters. The second-order valence-electron chi connectivity index (χ2n) is 2.56. The topological polar surface area (TPSA) is 65.8 Å². The van der Waals surface area contributed by atoms with Crippen molar-refractivity contribution in [1.82, 2.24) is 10.3 Å². The number of nitriles is 1. The van der Waals surface area contributed by atoms with Crippen molar-refractivity contribution in [2.24, 2.45) is 0 Å². The molecule has 0 fully saturated rings. The summed E-state index contributed by atoms with van der Waals surface area (Å²) < 4.78 is 0. The van der Waals surface area contributed by atoms with E-state index < -0.39 is 6.04 Å². The number of amides is 1. The van der Waals surface area contributed by atoms with E-state index in [9.17, 15) is 4.79 Å². The molecular weight excluding hydrogens is 186 g/mol. The second kappa shape index (κ2) is 4.58. The molecule has 0 saturated heterocycles. The van der Waals surface area contributed by atoms with Crippen molar-refractivity contribution in [1.29, 1.82) is 5.26 Å². The maximum Gasteiger partial charge on any atom is 0.226 e. The lowest BCUT2D eigenvalue weighted by Gasteiger charge is -2.03. The zero-order valence-corrected chi connectivity index (χ0v) is 7.97. The van der Waals surface area contributed by atoms with Crippen molar-refractivity contribution in [2.75, 3.05) is 0 Å². The fourth-order valence-electron chi connectivity index (χ4n) is 0.812. The number of carbonyl (C=O) groups excluding carboxylic acids is 1. The molecule has 0 spiro atoms. The molecule has 1 aromatic heterocycles. The zero-order chi connectivity index (χ0) is 9.68. The lowest BCUT2D eigenvalue weighted by molar-refractivity contribution is -0.120. The van der Waals surface area contributed by atoms with E-state index in [1.165, 1.54) is 11.3 Å². The van der Waals surface area contributed by atoms with Crippen molar-refractivity contribution in [3.05, 3.63) is 16.6 Å². The van der Waals surface area contributed by atoms with Crippen LogP contribution in [0.5, 0.6) is 0 Å². The molecule has 0 aliphatic heterocycles. The van der Waals surface area contributed by atoms with E-state index in [2.05, 4.69) is 10.3 Å². The van der Waals surface area contributed by atoms with Gasteiger partial charge in [0.05, 0.1) is 18.0 Å². The van der Waals surface area contributed by atoms with Gasteiger partial charge in [-0.3, -0.25) is 9.78 Å². The van der Waals surface area contributed by atoms with Crippen LogP contribution in [-0.2, 0) is 11.2 Å². The molecule has 5 heteroatoms. The van der Waals surface area contributed by atoms with Crippen molar-refractivity contribution in [2.45, 2.75) is 19.4 Å². The first kappa shape index (κ1) is 9.68. The normalized spacial score (nSPS) is 11.7. The lowest BCUT2D eigenvalue weighted by atomic mass is 10.3. The quantitative estimate of drug-likeness (QED) is 0.772. The minimum atomic E-state index is -0.430. The summed E-state index contributed by atoms with van der Waals surface area (Å²) in [7, 11) is 0. The Kier molecular flexibility index (Phi) is 3.41. The minimum absolute atomic E-state index is 0.140. The highest BCUT2D eigenvalue weighted by Crippen LogP contribution is 2.05. The van der Waals surface area contributed by atoms with Gasteiger partial charge in [-0.05, 0) is 6.92 Å². The summed E-state index contributed by atoms with van der Waals surface area (Å²) in [5.41, 5.74) is 1.68. The predicted molar refractivity (Wildman–Crippen MR) is 49.0 cm³/mol. The van der Waals surface area contributed by atoms with E-state index >= 15 is 0 Å². The third kappa shape index (κ3) is 3.22. The number of rotatable bonds is 3. The van der Waals surface area contributed by atoms with E-state index in [4.69, 9.17) is 5.26 Å². The predicted octanol–water partition coefficient (Wildman–Crippen LogP) is 0.714. The molecule has 1 amide bonds. The zero-order valence-electron chi connectivity index (χ0n) is 7.15. The van der Waals surface area contributed by atoms with Crippen molar-refractivity contribution in [3.8, 4) is 6.07 Å². The number of carbonyl (C=O) groups is 1. The maximum absolute atomic E-state index is 11.2.